The third-order valence-electron chi connectivity index (χ3n) is 3.81. The Kier molecular flexibility index (Phi) is 5.45. The zero-order valence-corrected chi connectivity index (χ0v) is 15.4. The van der Waals surface area contributed by atoms with Crippen LogP contribution in [0.3, 0.4) is 0 Å². The largest absolute Gasteiger partial charge is 0.494 e. The summed E-state index contributed by atoms with van der Waals surface area (Å²) in [6.45, 7) is 2.32. The third kappa shape index (κ3) is 4.05. The molecule has 1 unspecified atom stereocenters. The molecule has 0 bridgehead atoms. The Bertz CT molecular complexity index is 869. The molecule has 3 aromatic rings. The summed E-state index contributed by atoms with van der Waals surface area (Å²) in [4.78, 5) is 0. The first-order chi connectivity index (χ1) is 12.1. The molecule has 1 aromatic heterocycles. The minimum Gasteiger partial charge on any atom is -0.494 e. The topological polar surface area (TPSA) is 60.2 Å². The SMILES string of the molecule is COc1ccc(C(C)NCc2nnc(-c3ccccc3Br)o2)cc1F. The zero-order valence-electron chi connectivity index (χ0n) is 13.8. The second kappa shape index (κ2) is 7.76. The first-order valence-corrected chi connectivity index (χ1v) is 8.52. The van der Waals surface area contributed by atoms with E-state index in [1.807, 2.05) is 37.3 Å². The molecule has 0 fully saturated rings. The fourth-order valence-corrected chi connectivity index (χ4v) is 2.83. The number of benzene rings is 2. The molecule has 0 radical (unpaired) electrons. The normalized spacial score (nSPS) is 12.2. The van der Waals surface area contributed by atoms with Gasteiger partial charge in [-0.2, -0.15) is 0 Å². The van der Waals surface area contributed by atoms with E-state index in [0.717, 1.165) is 15.6 Å². The molecule has 0 aliphatic carbocycles. The second-order valence-corrected chi connectivity index (χ2v) is 6.33. The molecule has 0 aliphatic heterocycles. The first-order valence-electron chi connectivity index (χ1n) is 7.72. The lowest BCUT2D eigenvalue weighted by Gasteiger charge is -2.13. The van der Waals surface area contributed by atoms with Crippen molar-refractivity contribution in [3.05, 3.63) is 64.2 Å². The van der Waals surface area contributed by atoms with Crippen LogP contribution in [-0.2, 0) is 6.54 Å². The molecule has 0 amide bonds. The lowest BCUT2D eigenvalue weighted by atomic mass is 10.1. The van der Waals surface area contributed by atoms with E-state index >= 15 is 0 Å². The Morgan fingerprint density at radius 3 is 2.76 bits per heavy atom. The highest BCUT2D eigenvalue weighted by molar-refractivity contribution is 9.10. The maximum absolute atomic E-state index is 13.8. The average Bonchev–Trinajstić information content (AvgIpc) is 3.08. The van der Waals surface area contributed by atoms with E-state index in [1.54, 1.807) is 6.07 Å². The number of hydrogen-bond donors (Lipinski definition) is 1. The summed E-state index contributed by atoms with van der Waals surface area (Å²) in [5, 5.41) is 11.4. The number of rotatable bonds is 6. The van der Waals surface area contributed by atoms with Gasteiger partial charge >= 0.3 is 0 Å². The highest BCUT2D eigenvalue weighted by Crippen LogP contribution is 2.27. The van der Waals surface area contributed by atoms with Crippen molar-refractivity contribution in [2.24, 2.45) is 0 Å². The van der Waals surface area contributed by atoms with E-state index in [-0.39, 0.29) is 17.6 Å². The van der Waals surface area contributed by atoms with Gasteiger partial charge in [-0.15, -0.1) is 10.2 Å². The number of ether oxygens (including phenoxy) is 1. The standard InChI is InChI=1S/C18H17BrFN3O2/c1-11(12-7-8-16(24-2)15(20)9-12)21-10-17-22-23-18(25-17)13-5-3-4-6-14(13)19/h3-9,11,21H,10H2,1-2H3. The van der Waals surface area contributed by atoms with Crippen molar-refractivity contribution in [2.75, 3.05) is 7.11 Å². The molecule has 3 rings (SSSR count). The van der Waals surface area contributed by atoms with Crippen molar-refractivity contribution in [3.63, 3.8) is 0 Å². The van der Waals surface area contributed by atoms with Crippen molar-refractivity contribution in [2.45, 2.75) is 19.5 Å². The van der Waals surface area contributed by atoms with Gasteiger partial charge in [0.05, 0.1) is 19.2 Å². The van der Waals surface area contributed by atoms with Crippen LogP contribution in [0.1, 0.15) is 24.4 Å². The van der Waals surface area contributed by atoms with Gasteiger partial charge in [0.25, 0.3) is 0 Å². The van der Waals surface area contributed by atoms with Gasteiger partial charge in [0.1, 0.15) is 0 Å². The number of aromatic nitrogens is 2. The van der Waals surface area contributed by atoms with E-state index in [2.05, 4.69) is 31.4 Å². The van der Waals surface area contributed by atoms with Gasteiger partial charge in [0, 0.05) is 10.5 Å². The molecule has 7 heteroatoms. The molecule has 5 nitrogen and oxygen atoms in total. The summed E-state index contributed by atoms with van der Waals surface area (Å²) in [5.74, 6) is 0.757. The van der Waals surface area contributed by atoms with Gasteiger partial charge < -0.3 is 14.5 Å². The fourth-order valence-electron chi connectivity index (χ4n) is 2.38. The Morgan fingerprint density at radius 1 is 1.24 bits per heavy atom. The predicted molar refractivity (Wildman–Crippen MR) is 95.6 cm³/mol. The number of nitrogens with zero attached hydrogens (tertiary/aromatic N) is 2. The molecule has 0 saturated heterocycles. The molecule has 0 aliphatic rings. The van der Waals surface area contributed by atoms with Crippen molar-refractivity contribution in [1.82, 2.24) is 15.5 Å². The molecule has 2 aromatic carbocycles. The minimum absolute atomic E-state index is 0.0841. The van der Waals surface area contributed by atoms with Crippen LogP contribution >= 0.6 is 15.9 Å². The van der Waals surface area contributed by atoms with E-state index in [0.29, 0.717) is 18.3 Å². The highest BCUT2D eigenvalue weighted by atomic mass is 79.9. The van der Waals surface area contributed by atoms with Crippen molar-refractivity contribution in [3.8, 4) is 17.2 Å². The van der Waals surface area contributed by atoms with E-state index in [4.69, 9.17) is 9.15 Å². The highest BCUT2D eigenvalue weighted by Gasteiger charge is 2.13. The molecule has 25 heavy (non-hydrogen) atoms. The maximum atomic E-state index is 13.8. The Balaban J connectivity index is 1.66. The van der Waals surface area contributed by atoms with Gasteiger partial charge in [0.15, 0.2) is 11.6 Å². The molecule has 130 valence electrons. The molecule has 1 N–H and O–H groups in total. The fraction of sp³-hybridized carbons (Fsp3) is 0.222. The Morgan fingerprint density at radius 2 is 2.04 bits per heavy atom. The molecule has 0 saturated carbocycles. The van der Waals surface area contributed by atoms with Gasteiger partial charge in [-0.3, -0.25) is 0 Å². The summed E-state index contributed by atoms with van der Waals surface area (Å²) in [6.07, 6.45) is 0. The molecule has 1 heterocycles. The minimum atomic E-state index is -0.386. The number of halogens is 2. The number of nitrogens with one attached hydrogen (secondary N) is 1. The summed E-state index contributed by atoms with van der Waals surface area (Å²) >= 11 is 3.46. The Labute approximate surface area is 153 Å². The zero-order chi connectivity index (χ0) is 17.8. The summed E-state index contributed by atoms with van der Waals surface area (Å²) in [5.41, 5.74) is 1.65. The summed E-state index contributed by atoms with van der Waals surface area (Å²) in [6, 6.07) is 12.4. The number of hydrogen-bond acceptors (Lipinski definition) is 5. The molecular weight excluding hydrogens is 389 g/mol. The van der Waals surface area contributed by atoms with E-state index in [1.165, 1.54) is 13.2 Å². The molecular formula is C18H17BrFN3O2. The van der Waals surface area contributed by atoms with Crippen LogP contribution < -0.4 is 10.1 Å². The van der Waals surface area contributed by atoms with Crippen molar-refractivity contribution in [1.29, 1.82) is 0 Å². The third-order valence-corrected chi connectivity index (χ3v) is 4.50. The van der Waals surface area contributed by atoms with E-state index in [9.17, 15) is 4.39 Å². The van der Waals surface area contributed by atoms with Crippen molar-refractivity contribution < 1.29 is 13.5 Å². The molecule has 0 spiro atoms. The van der Waals surface area contributed by atoms with Crippen LogP contribution in [0.4, 0.5) is 4.39 Å². The van der Waals surface area contributed by atoms with Crippen LogP contribution in [0.25, 0.3) is 11.5 Å². The van der Waals surface area contributed by atoms with Gasteiger partial charge in [-0.1, -0.05) is 18.2 Å². The molecule has 1 atom stereocenters. The summed E-state index contributed by atoms with van der Waals surface area (Å²) < 4.78 is 25.3. The van der Waals surface area contributed by atoms with Gasteiger partial charge in [-0.25, -0.2) is 4.39 Å². The Hall–Kier alpha value is -2.25. The number of methoxy groups -OCH3 is 1. The predicted octanol–water partition coefficient (Wildman–Crippen LogP) is 4.50. The van der Waals surface area contributed by atoms with Crippen LogP contribution in [-0.4, -0.2) is 17.3 Å². The quantitative estimate of drug-likeness (QED) is 0.654. The van der Waals surface area contributed by atoms with Crippen LogP contribution in [0.2, 0.25) is 0 Å². The van der Waals surface area contributed by atoms with Gasteiger partial charge in [-0.05, 0) is 52.7 Å². The van der Waals surface area contributed by atoms with Crippen molar-refractivity contribution >= 4 is 15.9 Å². The lowest BCUT2D eigenvalue weighted by molar-refractivity contribution is 0.385. The second-order valence-electron chi connectivity index (χ2n) is 5.48. The average molecular weight is 406 g/mol. The van der Waals surface area contributed by atoms with Crippen LogP contribution in [0.15, 0.2) is 51.4 Å². The maximum Gasteiger partial charge on any atom is 0.248 e. The van der Waals surface area contributed by atoms with Crippen LogP contribution in [0, 0.1) is 5.82 Å². The van der Waals surface area contributed by atoms with Gasteiger partial charge in [0.2, 0.25) is 11.8 Å². The first kappa shape index (κ1) is 17.6. The van der Waals surface area contributed by atoms with Crippen LogP contribution in [0.5, 0.6) is 5.75 Å². The smallest absolute Gasteiger partial charge is 0.248 e. The van der Waals surface area contributed by atoms with E-state index < -0.39 is 0 Å². The lowest BCUT2D eigenvalue weighted by Crippen LogP contribution is -2.18. The monoisotopic (exact) mass is 405 g/mol. The summed E-state index contributed by atoms with van der Waals surface area (Å²) in [7, 11) is 1.44.